The van der Waals surface area contributed by atoms with E-state index >= 15 is 0 Å². The Hall–Kier alpha value is -1.60. The van der Waals surface area contributed by atoms with Gasteiger partial charge < -0.3 is 4.90 Å². The molecule has 1 nitrogen and oxygen atoms in total. The van der Waals surface area contributed by atoms with E-state index in [1.165, 1.54) is 24.9 Å². The molecule has 3 rings (SSSR count). The van der Waals surface area contributed by atoms with Gasteiger partial charge >= 0.3 is 0 Å². The average Bonchev–Trinajstić information content (AvgIpc) is 2.55. The summed E-state index contributed by atoms with van der Waals surface area (Å²) in [5.74, 6) is 1.26. The van der Waals surface area contributed by atoms with E-state index in [4.69, 9.17) is 0 Å². The largest absolute Gasteiger partial charge is 0.306 e. The molecular formula is C20H25N. The Morgan fingerprint density at radius 3 is 2.48 bits per heavy atom. The lowest BCUT2D eigenvalue weighted by atomic mass is 9.71. The quantitative estimate of drug-likeness (QED) is 0.805. The van der Waals surface area contributed by atoms with Crippen molar-refractivity contribution in [3.63, 3.8) is 0 Å². The first-order valence-electron chi connectivity index (χ1n) is 8.11. The van der Waals surface area contributed by atoms with Gasteiger partial charge in [-0.1, -0.05) is 61.5 Å². The third kappa shape index (κ3) is 3.03. The molecule has 0 aromatic heterocycles. The van der Waals surface area contributed by atoms with Crippen LogP contribution < -0.4 is 0 Å². The minimum Gasteiger partial charge on any atom is -0.306 e. The van der Waals surface area contributed by atoms with Crippen molar-refractivity contribution in [2.45, 2.75) is 25.7 Å². The summed E-state index contributed by atoms with van der Waals surface area (Å²) in [6, 6.07) is 20.1. The van der Waals surface area contributed by atoms with Crippen molar-refractivity contribution >= 4 is 0 Å². The molecule has 2 atom stereocenters. The van der Waals surface area contributed by atoms with Crippen molar-refractivity contribution in [3.8, 4) is 0 Å². The molecule has 0 heterocycles. The molecule has 110 valence electrons. The Balaban J connectivity index is 1.99. The molecule has 2 unspecified atom stereocenters. The molecule has 21 heavy (non-hydrogen) atoms. The summed E-state index contributed by atoms with van der Waals surface area (Å²) in [4.78, 5) is 2.45. The standard InChI is InChI=1S/C20H25N/c1-3-21(2)15-18-14-13-16-9-7-8-12-19(16)20(18)17-10-5-4-6-11-17/h4-12,18,20H,3,13-15H2,1-2H3. The number of hydrogen-bond acceptors (Lipinski definition) is 1. The van der Waals surface area contributed by atoms with Crippen molar-refractivity contribution < 1.29 is 0 Å². The fraction of sp³-hybridized carbons (Fsp3) is 0.400. The second-order valence-electron chi connectivity index (χ2n) is 6.24. The number of rotatable bonds is 4. The molecule has 0 spiro atoms. The normalized spacial score (nSPS) is 21.3. The van der Waals surface area contributed by atoms with Crippen molar-refractivity contribution in [3.05, 3.63) is 71.3 Å². The molecule has 1 heteroatoms. The second kappa shape index (κ2) is 6.44. The summed E-state index contributed by atoms with van der Waals surface area (Å²) in [5.41, 5.74) is 4.56. The average molecular weight is 279 g/mol. The highest BCUT2D eigenvalue weighted by molar-refractivity contribution is 5.40. The summed E-state index contributed by atoms with van der Waals surface area (Å²) in [5, 5.41) is 0. The lowest BCUT2D eigenvalue weighted by Gasteiger charge is -2.36. The van der Waals surface area contributed by atoms with Crippen LogP contribution in [0.3, 0.4) is 0 Å². The van der Waals surface area contributed by atoms with Crippen LogP contribution in [-0.2, 0) is 6.42 Å². The maximum Gasteiger partial charge on any atom is 0.0133 e. The molecule has 0 bridgehead atoms. The maximum absolute atomic E-state index is 2.45. The molecule has 0 fully saturated rings. The van der Waals surface area contributed by atoms with E-state index in [0.29, 0.717) is 11.8 Å². The molecule has 2 aromatic rings. The van der Waals surface area contributed by atoms with Crippen molar-refractivity contribution in [2.24, 2.45) is 5.92 Å². The van der Waals surface area contributed by atoms with E-state index in [9.17, 15) is 0 Å². The van der Waals surface area contributed by atoms with Gasteiger partial charge in [0.05, 0.1) is 0 Å². The molecule has 1 aliphatic rings. The van der Waals surface area contributed by atoms with Crippen LogP contribution in [0.2, 0.25) is 0 Å². The maximum atomic E-state index is 2.45. The van der Waals surface area contributed by atoms with Gasteiger partial charge in [-0.2, -0.15) is 0 Å². The van der Waals surface area contributed by atoms with Crippen LogP contribution in [0.5, 0.6) is 0 Å². The van der Waals surface area contributed by atoms with Crippen LogP contribution in [0.25, 0.3) is 0 Å². The molecule has 0 radical (unpaired) electrons. The van der Waals surface area contributed by atoms with Gasteiger partial charge in [-0.05, 0) is 49.0 Å². The SMILES string of the molecule is CCN(C)CC1CCc2ccccc2C1c1ccccc1. The zero-order valence-electron chi connectivity index (χ0n) is 13.1. The van der Waals surface area contributed by atoms with E-state index in [1.54, 1.807) is 11.1 Å². The molecule has 0 saturated heterocycles. The van der Waals surface area contributed by atoms with Crippen LogP contribution in [0.15, 0.2) is 54.6 Å². The van der Waals surface area contributed by atoms with Gasteiger partial charge in [0.2, 0.25) is 0 Å². The number of fused-ring (bicyclic) bond motifs is 1. The predicted molar refractivity (Wildman–Crippen MR) is 89.7 cm³/mol. The van der Waals surface area contributed by atoms with Crippen molar-refractivity contribution in [2.75, 3.05) is 20.1 Å². The van der Waals surface area contributed by atoms with Gasteiger partial charge in [0, 0.05) is 12.5 Å². The lowest BCUT2D eigenvalue weighted by molar-refractivity contribution is 0.255. The zero-order chi connectivity index (χ0) is 14.7. The van der Waals surface area contributed by atoms with Gasteiger partial charge in [-0.3, -0.25) is 0 Å². The van der Waals surface area contributed by atoms with Crippen LogP contribution in [-0.4, -0.2) is 25.0 Å². The Morgan fingerprint density at radius 1 is 1.00 bits per heavy atom. The fourth-order valence-electron chi connectivity index (χ4n) is 3.66. The second-order valence-corrected chi connectivity index (χ2v) is 6.24. The smallest absolute Gasteiger partial charge is 0.0133 e. The zero-order valence-corrected chi connectivity index (χ0v) is 13.1. The molecule has 2 aromatic carbocycles. The van der Waals surface area contributed by atoms with Gasteiger partial charge in [0.1, 0.15) is 0 Å². The third-order valence-electron chi connectivity index (χ3n) is 4.89. The highest BCUT2D eigenvalue weighted by atomic mass is 15.1. The highest BCUT2D eigenvalue weighted by Crippen LogP contribution is 2.40. The van der Waals surface area contributed by atoms with Gasteiger partial charge in [0.25, 0.3) is 0 Å². The molecule has 0 saturated carbocycles. The summed E-state index contributed by atoms with van der Waals surface area (Å²) >= 11 is 0. The Morgan fingerprint density at radius 2 is 1.71 bits per heavy atom. The van der Waals surface area contributed by atoms with Crippen molar-refractivity contribution in [1.82, 2.24) is 4.90 Å². The summed E-state index contributed by atoms with van der Waals surface area (Å²) in [6.45, 7) is 4.55. The molecule has 0 amide bonds. The molecule has 0 aliphatic heterocycles. The Kier molecular flexibility index (Phi) is 4.40. The van der Waals surface area contributed by atoms with E-state index in [1.807, 2.05) is 0 Å². The van der Waals surface area contributed by atoms with Gasteiger partial charge in [0.15, 0.2) is 0 Å². The van der Waals surface area contributed by atoms with Gasteiger partial charge in [-0.15, -0.1) is 0 Å². The Labute approximate surface area is 128 Å². The summed E-state index contributed by atoms with van der Waals surface area (Å²) in [6.07, 6.45) is 2.52. The fourth-order valence-corrected chi connectivity index (χ4v) is 3.66. The first kappa shape index (κ1) is 14.3. The van der Waals surface area contributed by atoms with E-state index < -0.39 is 0 Å². The van der Waals surface area contributed by atoms with Crippen molar-refractivity contribution in [1.29, 1.82) is 0 Å². The number of aryl methyl sites for hydroxylation is 1. The number of hydrogen-bond donors (Lipinski definition) is 0. The van der Waals surface area contributed by atoms with E-state index in [-0.39, 0.29) is 0 Å². The molecular weight excluding hydrogens is 254 g/mol. The minimum atomic E-state index is 0.546. The monoisotopic (exact) mass is 279 g/mol. The van der Waals surface area contributed by atoms with Crippen LogP contribution >= 0.6 is 0 Å². The highest BCUT2D eigenvalue weighted by Gasteiger charge is 2.30. The first-order chi connectivity index (χ1) is 10.3. The van der Waals surface area contributed by atoms with Crippen LogP contribution in [0.1, 0.15) is 36.0 Å². The number of benzene rings is 2. The topological polar surface area (TPSA) is 3.24 Å². The molecule has 1 aliphatic carbocycles. The minimum absolute atomic E-state index is 0.546. The Bertz CT molecular complexity index is 575. The van der Waals surface area contributed by atoms with Gasteiger partial charge in [-0.25, -0.2) is 0 Å². The van der Waals surface area contributed by atoms with Crippen LogP contribution in [0.4, 0.5) is 0 Å². The van der Waals surface area contributed by atoms with E-state index in [2.05, 4.69) is 73.5 Å². The number of nitrogens with zero attached hydrogens (tertiary/aromatic N) is 1. The van der Waals surface area contributed by atoms with Crippen LogP contribution in [0, 0.1) is 5.92 Å². The molecule has 0 N–H and O–H groups in total. The summed E-state index contributed by atoms with van der Waals surface area (Å²) < 4.78 is 0. The van der Waals surface area contributed by atoms with E-state index in [0.717, 1.165) is 6.54 Å². The first-order valence-corrected chi connectivity index (χ1v) is 8.11. The third-order valence-corrected chi connectivity index (χ3v) is 4.89. The summed E-state index contributed by atoms with van der Waals surface area (Å²) in [7, 11) is 2.24. The lowest BCUT2D eigenvalue weighted by Crippen LogP contribution is -2.32. The predicted octanol–water partition coefficient (Wildman–Crippen LogP) is 4.33.